The molecule has 4 rings (SSSR count). The first-order chi connectivity index (χ1) is 18.5. The van der Waals surface area contributed by atoms with Gasteiger partial charge >= 0.3 is 6.18 Å². The Kier molecular flexibility index (Phi) is 8.34. The van der Waals surface area contributed by atoms with Crippen molar-refractivity contribution in [2.45, 2.75) is 31.7 Å². The van der Waals surface area contributed by atoms with E-state index in [1.165, 1.54) is 41.0 Å². The number of benzene rings is 3. The summed E-state index contributed by atoms with van der Waals surface area (Å²) in [7, 11) is 0. The van der Waals surface area contributed by atoms with E-state index >= 15 is 0 Å². The third-order valence-corrected chi connectivity index (χ3v) is 6.70. The predicted molar refractivity (Wildman–Crippen MR) is 139 cm³/mol. The molecule has 202 valence electrons. The molecule has 4 aromatic rings. The largest absolute Gasteiger partial charge is 0.416 e. The summed E-state index contributed by atoms with van der Waals surface area (Å²) in [6.45, 7) is 3.68. The van der Waals surface area contributed by atoms with Gasteiger partial charge in [-0.3, -0.25) is 14.2 Å². The number of hydrogen-bond acceptors (Lipinski definition) is 5. The molecule has 2 amide bonds. The van der Waals surface area contributed by atoms with Crippen LogP contribution in [0, 0.1) is 19.7 Å². The molecule has 0 saturated carbocycles. The fraction of sp³-hybridized carbons (Fsp3) is 0.185. The summed E-state index contributed by atoms with van der Waals surface area (Å²) in [6.07, 6.45) is -4.58. The first-order valence-electron chi connectivity index (χ1n) is 11.7. The van der Waals surface area contributed by atoms with Crippen LogP contribution in [0.3, 0.4) is 0 Å². The van der Waals surface area contributed by atoms with Crippen molar-refractivity contribution in [1.29, 1.82) is 0 Å². The third-order valence-electron chi connectivity index (χ3n) is 5.77. The lowest BCUT2D eigenvalue weighted by atomic mass is 10.1. The lowest BCUT2D eigenvalue weighted by Gasteiger charge is -2.14. The number of alkyl halides is 3. The van der Waals surface area contributed by atoms with Gasteiger partial charge in [-0.15, -0.1) is 10.2 Å². The number of nitrogens with zero attached hydrogens (tertiary/aromatic N) is 3. The first kappa shape index (κ1) is 27.8. The Bertz CT molecular complexity index is 1500. The molecule has 0 bridgehead atoms. The predicted octanol–water partition coefficient (Wildman–Crippen LogP) is 5.70. The second-order valence-corrected chi connectivity index (χ2v) is 9.55. The molecule has 7 nitrogen and oxygen atoms in total. The van der Waals surface area contributed by atoms with Crippen LogP contribution < -0.4 is 10.6 Å². The van der Waals surface area contributed by atoms with Gasteiger partial charge in [-0.25, -0.2) is 4.39 Å². The summed E-state index contributed by atoms with van der Waals surface area (Å²) in [5.74, 6) is -1.25. The fourth-order valence-corrected chi connectivity index (χ4v) is 4.36. The van der Waals surface area contributed by atoms with Gasteiger partial charge in [-0.1, -0.05) is 23.9 Å². The molecular formula is C27H23F4N5O2S. The van der Waals surface area contributed by atoms with E-state index in [1.54, 1.807) is 12.1 Å². The molecular weight excluding hydrogens is 534 g/mol. The summed E-state index contributed by atoms with van der Waals surface area (Å²) in [5.41, 5.74) is 2.02. The number of hydrogen-bond donors (Lipinski definition) is 2. The van der Waals surface area contributed by atoms with E-state index in [-0.39, 0.29) is 34.9 Å². The van der Waals surface area contributed by atoms with Crippen molar-refractivity contribution >= 4 is 29.3 Å². The zero-order valence-corrected chi connectivity index (χ0v) is 21.7. The summed E-state index contributed by atoms with van der Waals surface area (Å²) in [4.78, 5) is 25.2. The highest BCUT2D eigenvalue weighted by molar-refractivity contribution is 7.99. The minimum absolute atomic E-state index is 0.117. The zero-order valence-electron chi connectivity index (χ0n) is 20.8. The van der Waals surface area contributed by atoms with Crippen LogP contribution in [-0.2, 0) is 17.5 Å². The first-order valence-corrected chi connectivity index (χ1v) is 12.7. The van der Waals surface area contributed by atoms with E-state index < -0.39 is 23.5 Å². The molecule has 12 heteroatoms. The van der Waals surface area contributed by atoms with Crippen molar-refractivity contribution in [3.05, 3.63) is 101 Å². The van der Waals surface area contributed by atoms with Crippen molar-refractivity contribution in [2.24, 2.45) is 0 Å². The van der Waals surface area contributed by atoms with Crippen molar-refractivity contribution in [3.8, 4) is 5.69 Å². The highest BCUT2D eigenvalue weighted by Gasteiger charge is 2.31. The molecule has 0 aliphatic heterocycles. The smallest absolute Gasteiger partial charge is 0.345 e. The summed E-state index contributed by atoms with van der Waals surface area (Å²) in [6, 6.07) is 15.0. The highest BCUT2D eigenvalue weighted by Crippen LogP contribution is 2.31. The molecule has 0 aliphatic rings. The van der Waals surface area contributed by atoms with E-state index in [9.17, 15) is 27.2 Å². The van der Waals surface area contributed by atoms with Gasteiger partial charge in [0.25, 0.3) is 5.91 Å². The van der Waals surface area contributed by atoms with Crippen LogP contribution in [0.15, 0.2) is 71.9 Å². The van der Waals surface area contributed by atoms with Crippen LogP contribution in [0.1, 0.15) is 32.9 Å². The number of halogens is 4. The minimum atomic E-state index is -4.58. The molecule has 3 aromatic carbocycles. The maximum Gasteiger partial charge on any atom is 0.416 e. The summed E-state index contributed by atoms with van der Waals surface area (Å²) < 4.78 is 54.7. The van der Waals surface area contributed by atoms with Gasteiger partial charge in [0, 0.05) is 11.3 Å². The normalized spacial score (nSPS) is 11.3. The van der Waals surface area contributed by atoms with Crippen molar-refractivity contribution in [1.82, 2.24) is 20.1 Å². The van der Waals surface area contributed by atoms with Crippen LogP contribution in [-0.4, -0.2) is 32.3 Å². The molecule has 2 N–H and O–H groups in total. The molecule has 0 atom stereocenters. The van der Waals surface area contributed by atoms with Gasteiger partial charge in [0.15, 0.2) is 11.0 Å². The lowest BCUT2D eigenvalue weighted by Crippen LogP contribution is -2.25. The number of aryl methyl sites for hydroxylation is 2. The Morgan fingerprint density at radius 1 is 0.949 bits per heavy atom. The number of nitrogens with one attached hydrogen (secondary N) is 2. The maximum atomic E-state index is 13.4. The average Bonchev–Trinajstić information content (AvgIpc) is 3.31. The molecule has 0 radical (unpaired) electrons. The van der Waals surface area contributed by atoms with Crippen molar-refractivity contribution in [3.63, 3.8) is 0 Å². The second kappa shape index (κ2) is 11.7. The zero-order chi connectivity index (χ0) is 28.2. The van der Waals surface area contributed by atoms with Crippen LogP contribution in [0.5, 0.6) is 0 Å². The van der Waals surface area contributed by atoms with E-state index in [2.05, 4.69) is 20.8 Å². The quantitative estimate of drug-likeness (QED) is 0.214. The number of carbonyl (C=O) groups excluding carboxylic acids is 2. The Morgan fingerprint density at radius 3 is 2.38 bits per heavy atom. The summed E-state index contributed by atoms with van der Waals surface area (Å²) >= 11 is 0.950. The van der Waals surface area contributed by atoms with Crippen molar-refractivity contribution < 1.29 is 27.2 Å². The van der Waals surface area contributed by atoms with Crippen LogP contribution in [0.25, 0.3) is 5.69 Å². The number of thioether (sulfide) groups is 1. The van der Waals surface area contributed by atoms with Gasteiger partial charge in [0.2, 0.25) is 5.91 Å². The van der Waals surface area contributed by atoms with Gasteiger partial charge in [-0.05, 0) is 79.6 Å². The second-order valence-electron chi connectivity index (χ2n) is 8.61. The Hall–Kier alpha value is -4.19. The molecule has 0 fully saturated rings. The Balaban J connectivity index is 1.57. The third kappa shape index (κ3) is 7.02. The van der Waals surface area contributed by atoms with E-state index in [1.807, 2.05) is 19.9 Å². The molecule has 0 aliphatic carbocycles. The number of amides is 2. The van der Waals surface area contributed by atoms with E-state index in [0.717, 1.165) is 35.0 Å². The Morgan fingerprint density at radius 2 is 1.69 bits per heavy atom. The van der Waals surface area contributed by atoms with Crippen LogP contribution >= 0.6 is 11.8 Å². The topological polar surface area (TPSA) is 88.9 Å². The lowest BCUT2D eigenvalue weighted by molar-refractivity contribution is -0.137. The van der Waals surface area contributed by atoms with Crippen LogP contribution in [0.4, 0.5) is 23.2 Å². The van der Waals surface area contributed by atoms with Crippen molar-refractivity contribution in [2.75, 3.05) is 11.1 Å². The number of carbonyl (C=O) groups is 2. The number of aromatic nitrogens is 3. The molecule has 39 heavy (non-hydrogen) atoms. The number of anilines is 1. The monoisotopic (exact) mass is 557 g/mol. The average molecular weight is 558 g/mol. The number of rotatable bonds is 8. The van der Waals surface area contributed by atoms with E-state index in [4.69, 9.17) is 0 Å². The summed E-state index contributed by atoms with van der Waals surface area (Å²) in [5, 5.41) is 13.6. The van der Waals surface area contributed by atoms with Gasteiger partial charge in [0.1, 0.15) is 5.82 Å². The van der Waals surface area contributed by atoms with E-state index in [0.29, 0.717) is 11.3 Å². The SMILES string of the molecule is Cc1ccc(C(=O)NCc2nnc(SCC(=O)Nc3ccc(F)cc3)n2-c2cccc(C(F)(F)F)c2)cc1C. The molecule has 1 heterocycles. The molecule has 0 saturated heterocycles. The van der Waals surface area contributed by atoms with Gasteiger partial charge < -0.3 is 10.6 Å². The highest BCUT2D eigenvalue weighted by atomic mass is 32.2. The maximum absolute atomic E-state index is 13.4. The fourth-order valence-electron chi connectivity index (χ4n) is 3.59. The minimum Gasteiger partial charge on any atom is -0.345 e. The molecule has 1 aromatic heterocycles. The van der Waals surface area contributed by atoms with Gasteiger partial charge in [-0.2, -0.15) is 13.2 Å². The Labute approximate surface area is 225 Å². The van der Waals surface area contributed by atoms with Gasteiger partial charge in [0.05, 0.1) is 23.5 Å². The molecule has 0 spiro atoms. The standard InChI is InChI=1S/C27H23F4N5O2S/c1-16-6-7-18(12-17(16)2)25(38)32-14-23-34-35-26(36(23)22-5-3-4-19(13-22)27(29,30)31)39-15-24(37)33-21-10-8-20(28)9-11-21/h3-13H,14-15H2,1-2H3,(H,32,38)(H,33,37). The molecule has 0 unspecified atom stereocenters. The van der Waals surface area contributed by atoms with Crippen LogP contribution in [0.2, 0.25) is 0 Å².